The summed E-state index contributed by atoms with van der Waals surface area (Å²) in [6.07, 6.45) is 0. The van der Waals surface area contributed by atoms with Crippen molar-refractivity contribution in [3.8, 4) is 11.9 Å². The lowest BCUT2D eigenvalue weighted by molar-refractivity contribution is 0.352. The van der Waals surface area contributed by atoms with Crippen LogP contribution in [0.5, 0.6) is 11.9 Å². The lowest BCUT2D eigenvalue weighted by atomic mass is 10.1. The van der Waals surface area contributed by atoms with Crippen LogP contribution in [-0.4, -0.2) is 34.9 Å². The average molecular weight is 212 g/mol. The molecule has 1 aromatic heterocycles. The second-order valence-corrected chi connectivity index (χ2v) is 4.03. The van der Waals surface area contributed by atoms with Gasteiger partial charge in [-0.25, -0.2) is 0 Å². The summed E-state index contributed by atoms with van der Waals surface area (Å²) >= 11 is 0. The number of hydrogen-bond donors (Lipinski definition) is 1. The van der Waals surface area contributed by atoms with E-state index in [9.17, 15) is 0 Å². The molecule has 0 unspecified atom stereocenters. The Kier molecular flexibility index (Phi) is 3.28. The van der Waals surface area contributed by atoms with Crippen molar-refractivity contribution >= 4 is 5.82 Å². The van der Waals surface area contributed by atoms with Crippen LogP contribution in [-0.2, 0) is 0 Å². The quantitative estimate of drug-likeness (QED) is 0.809. The van der Waals surface area contributed by atoms with Gasteiger partial charge in [0.15, 0.2) is 5.82 Å². The van der Waals surface area contributed by atoms with Crippen molar-refractivity contribution in [2.75, 3.05) is 19.5 Å². The lowest BCUT2D eigenvalue weighted by Crippen LogP contribution is -2.27. The highest BCUT2D eigenvalue weighted by Crippen LogP contribution is 2.22. The van der Waals surface area contributed by atoms with Crippen LogP contribution in [0.1, 0.15) is 20.8 Å². The Hall–Kier alpha value is -1.59. The topological polar surface area (TPSA) is 69.2 Å². The van der Waals surface area contributed by atoms with Gasteiger partial charge in [0.05, 0.1) is 14.2 Å². The number of anilines is 1. The summed E-state index contributed by atoms with van der Waals surface area (Å²) < 4.78 is 9.93. The smallest absolute Gasteiger partial charge is 0.337 e. The van der Waals surface area contributed by atoms with Crippen LogP contribution < -0.4 is 14.8 Å². The average Bonchev–Trinajstić information content (AvgIpc) is 2.15. The van der Waals surface area contributed by atoms with E-state index in [0.717, 1.165) is 0 Å². The van der Waals surface area contributed by atoms with Gasteiger partial charge in [-0.05, 0) is 20.8 Å². The molecule has 0 aliphatic carbocycles. The number of methoxy groups -OCH3 is 2. The highest BCUT2D eigenvalue weighted by Gasteiger charge is 2.16. The Balaban J connectivity index is 3.01. The van der Waals surface area contributed by atoms with Crippen molar-refractivity contribution in [2.24, 2.45) is 0 Å². The lowest BCUT2D eigenvalue weighted by Gasteiger charge is -2.21. The molecule has 0 radical (unpaired) electrons. The minimum Gasteiger partial charge on any atom is -0.477 e. The van der Waals surface area contributed by atoms with Gasteiger partial charge < -0.3 is 14.8 Å². The van der Waals surface area contributed by atoms with Crippen molar-refractivity contribution in [1.82, 2.24) is 15.2 Å². The third-order valence-corrected chi connectivity index (χ3v) is 1.51. The van der Waals surface area contributed by atoms with Gasteiger partial charge >= 0.3 is 6.01 Å². The van der Waals surface area contributed by atoms with Crippen molar-refractivity contribution in [3.63, 3.8) is 0 Å². The van der Waals surface area contributed by atoms with E-state index >= 15 is 0 Å². The molecule has 0 aliphatic heterocycles. The molecule has 0 aromatic carbocycles. The molecule has 6 heteroatoms. The van der Waals surface area contributed by atoms with Gasteiger partial charge in [-0.3, -0.25) is 0 Å². The van der Waals surface area contributed by atoms with Gasteiger partial charge in [0.2, 0.25) is 0 Å². The Bertz CT molecular complexity index is 335. The first-order valence-electron chi connectivity index (χ1n) is 4.57. The minimum absolute atomic E-state index is 0.131. The van der Waals surface area contributed by atoms with Crippen LogP contribution in [0.15, 0.2) is 0 Å². The van der Waals surface area contributed by atoms with Crippen LogP contribution in [0.4, 0.5) is 5.82 Å². The van der Waals surface area contributed by atoms with Crippen LogP contribution in [0, 0.1) is 0 Å². The Morgan fingerprint density at radius 2 is 1.73 bits per heavy atom. The van der Waals surface area contributed by atoms with E-state index in [1.54, 1.807) is 0 Å². The van der Waals surface area contributed by atoms with Gasteiger partial charge in [-0.15, -0.1) is 5.10 Å². The zero-order valence-corrected chi connectivity index (χ0v) is 9.66. The van der Waals surface area contributed by atoms with Gasteiger partial charge in [0, 0.05) is 5.54 Å². The molecule has 84 valence electrons. The van der Waals surface area contributed by atoms with E-state index in [-0.39, 0.29) is 11.5 Å². The maximum Gasteiger partial charge on any atom is 0.337 e. The van der Waals surface area contributed by atoms with E-state index in [1.807, 2.05) is 20.8 Å². The molecular formula is C9H16N4O2. The molecule has 1 aromatic rings. The first-order chi connectivity index (χ1) is 6.96. The summed E-state index contributed by atoms with van der Waals surface area (Å²) in [5.74, 6) is 0.877. The summed E-state index contributed by atoms with van der Waals surface area (Å²) in [6.45, 7) is 6.04. The predicted octanol–water partition coefficient (Wildman–Crippen LogP) is 1.10. The largest absolute Gasteiger partial charge is 0.477 e. The zero-order chi connectivity index (χ0) is 11.5. The van der Waals surface area contributed by atoms with Crippen LogP contribution >= 0.6 is 0 Å². The van der Waals surface area contributed by atoms with E-state index < -0.39 is 0 Å². The Labute approximate surface area is 89.0 Å². The molecular weight excluding hydrogens is 196 g/mol. The number of nitrogens with zero attached hydrogens (tertiary/aromatic N) is 3. The second-order valence-electron chi connectivity index (χ2n) is 4.03. The van der Waals surface area contributed by atoms with Gasteiger partial charge in [0.25, 0.3) is 5.88 Å². The summed E-state index contributed by atoms with van der Waals surface area (Å²) in [5, 5.41) is 10.7. The van der Waals surface area contributed by atoms with Gasteiger partial charge in [-0.1, -0.05) is 5.10 Å². The number of hydrogen-bond acceptors (Lipinski definition) is 6. The fourth-order valence-electron chi connectivity index (χ4n) is 0.962. The number of aromatic nitrogens is 3. The molecule has 15 heavy (non-hydrogen) atoms. The maximum atomic E-state index is 5.04. The molecule has 0 bridgehead atoms. The number of rotatable bonds is 3. The zero-order valence-electron chi connectivity index (χ0n) is 9.66. The summed E-state index contributed by atoms with van der Waals surface area (Å²) in [4.78, 5) is 4.12. The van der Waals surface area contributed by atoms with Gasteiger partial charge in [-0.2, -0.15) is 4.98 Å². The van der Waals surface area contributed by atoms with E-state index in [2.05, 4.69) is 20.5 Å². The van der Waals surface area contributed by atoms with Crippen molar-refractivity contribution in [3.05, 3.63) is 0 Å². The highest BCUT2D eigenvalue weighted by atomic mass is 16.5. The minimum atomic E-state index is -0.131. The Morgan fingerprint density at radius 3 is 2.20 bits per heavy atom. The maximum absolute atomic E-state index is 5.04. The third kappa shape index (κ3) is 3.23. The van der Waals surface area contributed by atoms with Crippen LogP contribution in [0.3, 0.4) is 0 Å². The Morgan fingerprint density at radius 1 is 1.07 bits per heavy atom. The number of nitrogens with one attached hydrogen (secondary N) is 1. The van der Waals surface area contributed by atoms with Crippen LogP contribution in [0.25, 0.3) is 0 Å². The third-order valence-electron chi connectivity index (χ3n) is 1.51. The van der Waals surface area contributed by atoms with E-state index in [1.165, 1.54) is 14.2 Å². The van der Waals surface area contributed by atoms with Crippen molar-refractivity contribution < 1.29 is 9.47 Å². The fraction of sp³-hybridized carbons (Fsp3) is 0.667. The van der Waals surface area contributed by atoms with E-state index in [0.29, 0.717) is 11.7 Å². The molecule has 0 saturated heterocycles. The molecule has 6 nitrogen and oxygen atoms in total. The molecule has 0 saturated carbocycles. The summed E-state index contributed by atoms with van der Waals surface area (Å²) in [7, 11) is 3.01. The van der Waals surface area contributed by atoms with Gasteiger partial charge in [0.1, 0.15) is 0 Å². The molecule has 1 heterocycles. The first kappa shape index (κ1) is 11.5. The van der Waals surface area contributed by atoms with Crippen molar-refractivity contribution in [1.29, 1.82) is 0 Å². The molecule has 0 amide bonds. The van der Waals surface area contributed by atoms with Crippen LogP contribution in [0.2, 0.25) is 0 Å². The van der Waals surface area contributed by atoms with E-state index in [4.69, 9.17) is 9.47 Å². The molecule has 0 spiro atoms. The highest BCUT2D eigenvalue weighted by molar-refractivity contribution is 5.46. The molecule has 0 atom stereocenters. The first-order valence-corrected chi connectivity index (χ1v) is 4.57. The second kappa shape index (κ2) is 4.29. The fourth-order valence-corrected chi connectivity index (χ4v) is 0.962. The standard InChI is InChI=1S/C9H16N4O2/c1-9(2,3)11-6-7(14-4)12-13-8(10-6)15-5/h1-5H3,(H,10,11,13). The molecule has 1 rings (SSSR count). The molecule has 0 fully saturated rings. The van der Waals surface area contributed by atoms with Crippen molar-refractivity contribution in [2.45, 2.75) is 26.3 Å². The summed E-state index contributed by atoms with van der Waals surface area (Å²) in [5.41, 5.74) is -0.131. The summed E-state index contributed by atoms with van der Waals surface area (Å²) in [6, 6.07) is 0.211. The SMILES string of the molecule is COc1nnc(OC)c(NC(C)(C)C)n1. The molecule has 0 aliphatic rings. The normalized spacial score (nSPS) is 11.0. The molecule has 1 N–H and O–H groups in total. The number of ether oxygens (including phenoxy) is 2. The monoisotopic (exact) mass is 212 g/mol. The predicted molar refractivity (Wildman–Crippen MR) is 56.3 cm³/mol.